The van der Waals surface area contributed by atoms with Crippen molar-refractivity contribution in [3.05, 3.63) is 0 Å². The summed E-state index contributed by atoms with van der Waals surface area (Å²) in [4.78, 5) is 53.6. The molecule has 0 atom stereocenters. The summed E-state index contributed by atoms with van der Waals surface area (Å²) >= 11 is 0. The summed E-state index contributed by atoms with van der Waals surface area (Å²) in [5, 5.41) is 0. The van der Waals surface area contributed by atoms with Crippen molar-refractivity contribution in [2.75, 3.05) is 17.2 Å². The van der Waals surface area contributed by atoms with Gasteiger partial charge in [-0.15, -0.1) is 0 Å². The SMILES string of the molecule is Nc1nc(N)nc(N)n1.O=P(O)(O)O.O=P(O)(O)O.[MgH2]. The summed E-state index contributed by atoms with van der Waals surface area (Å²) in [5.74, 6) is 0.125. The Morgan fingerprint density at radius 1 is 0.650 bits per heavy atom. The summed E-state index contributed by atoms with van der Waals surface area (Å²) in [6, 6.07) is 0. The summed E-state index contributed by atoms with van der Waals surface area (Å²) < 4.78 is 17.8. The Morgan fingerprint density at radius 3 is 0.850 bits per heavy atom. The van der Waals surface area contributed by atoms with Crippen molar-refractivity contribution in [1.82, 2.24) is 15.0 Å². The van der Waals surface area contributed by atoms with Gasteiger partial charge in [0.2, 0.25) is 17.8 Å². The second-order valence-corrected chi connectivity index (χ2v) is 4.49. The van der Waals surface area contributed by atoms with Crippen LogP contribution in [0, 0.1) is 0 Å². The molecule has 0 aromatic carbocycles. The highest BCUT2D eigenvalue weighted by atomic mass is 31.2. The van der Waals surface area contributed by atoms with Gasteiger partial charge < -0.3 is 46.6 Å². The first-order valence-electron chi connectivity index (χ1n) is 3.77. The van der Waals surface area contributed by atoms with Crippen LogP contribution in [-0.2, 0) is 9.13 Å². The fourth-order valence-electron chi connectivity index (χ4n) is 0.427. The molecule has 0 radical (unpaired) electrons. The third-order valence-electron chi connectivity index (χ3n) is 0.687. The van der Waals surface area contributed by atoms with Crippen molar-refractivity contribution in [3.8, 4) is 0 Å². The van der Waals surface area contributed by atoms with Gasteiger partial charge in [-0.25, -0.2) is 9.13 Å². The molecule has 0 saturated heterocycles. The van der Waals surface area contributed by atoms with E-state index in [0.717, 1.165) is 0 Å². The van der Waals surface area contributed by atoms with Gasteiger partial charge in [-0.3, -0.25) is 0 Å². The summed E-state index contributed by atoms with van der Waals surface area (Å²) in [7, 11) is -9.28. The van der Waals surface area contributed by atoms with E-state index in [2.05, 4.69) is 15.0 Å². The van der Waals surface area contributed by atoms with Crippen molar-refractivity contribution in [1.29, 1.82) is 0 Å². The summed E-state index contributed by atoms with van der Waals surface area (Å²) in [5.41, 5.74) is 15.4. The van der Waals surface area contributed by atoms with Crippen molar-refractivity contribution in [3.63, 3.8) is 0 Å². The highest BCUT2D eigenvalue weighted by molar-refractivity contribution is 7.45. The number of hydrogen-bond acceptors (Lipinski definition) is 8. The predicted octanol–water partition coefficient (Wildman–Crippen LogP) is -4.16. The number of nitrogens with two attached hydrogens (primary N) is 3. The van der Waals surface area contributed by atoms with Crippen LogP contribution in [0.1, 0.15) is 0 Å². The van der Waals surface area contributed by atoms with Crippen LogP contribution in [0.3, 0.4) is 0 Å². The number of aromatic nitrogens is 3. The summed E-state index contributed by atoms with van der Waals surface area (Å²) in [6.07, 6.45) is 0. The number of nitrogen functional groups attached to an aromatic ring is 3. The molecule has 0 amide bonds. The van der Waals surface area contributed by atoms with Gasteiger partial charge in [0.15, 0.2) is 0 Å². The minimum Gasteiger partial charge on any atom is -0.368 e. The molecule has 0 spiro atoms. The minimum absolute atomic E-state index is 0. The van der Waals surface area contributed by atoms with Gasteiger partial charge >= 0.3 is 38.7 Å². The molecule has 116 valence electrons. The molecule has 0 bridgehead atoms. The number of nitrogens with zero attached hydrogens (tertiary/aromatic N) is 3. The lowest BCUT2D eigenvalue weighted by molar-refractivity contribution is 0.272. The third kappa shape index (κ3) is 36.0. The molecule has 12 N–H and O–H groups in total. The smallest absolute Gasteiger partial charge is 0.368 e. The fraction of sp³-hybridized carbons (Fsp3) is 0. The Labute approximate surface area is 127 Å². The zero-order valence-corrected chi connectivity index (χ0v) is 10.8. The zero-order chi connectivity index (χ0) is 15.9. The molecular weight excluding hydrogens is 334 g/mol. The van der Waals surface area contributed by atoms with Crippen LogP contribution >= 0.6 is 15.6 Å². The van der Waals surface area contributed by atoms with Crippen molar-refractivity contribution >= 4 is 56.5 Å². The molecule has 0 unspecified atom stereocenters. The maximum Gasteiger partial charge on any atom is 0.466 e. The van der Waals surface area contributed by atoms with Gasteiger partial charge in [0.25, 0.3) is 0 Å². The third-order valence-corrected chi connectivity index (χ3v) is 0.687. The van der Waals surface area contributed by atoms with E-state index in [1.807, 2.05) is 0 Å². The average Bonchev–Trinajstić information content (AvgIpc) is 1.91. The molecule has 20 heavy (non-hydrogen) atoms. The monoisotopic (exact) mass is 348 g/mol. The zero-order valence-electron chi connectivity index (χ0n) is 8.97. The van der Waals surface area contributed by atoms with Crippen LogP contribution in [0.25, 0.3) is 0 Å². The lowest BCUT2D eigenvalue weighted by atomic mass is 10.9. The normalized spacial score (nSPS) is 10.1. The molecule has 1 heterocycles. The Kier molecular flexibility index (Phi) is 12.4. The van der Waals surface area contributed by atoms with Crippen LogP contribution < -0.4 is 17.2 Å². The number of hydrogen-bond donors (Lipinski definition) is 9. The van der Waals surface area contributed by atoms with Crippen LogP contribution in [0.15, 0.2) is 0 Å². The first-order valence-corrected chi connectivity index (χ1v) is 6.90. The van der Waals surface area contributed by atoms with E-state index in [9.17, 15) is 0 Å². The molecule has 17 heteroatoms. The molecule has 0 aliphatic heterocycles. The lowest BCUT2D eigenvalue weighted by Crippen LogP contribution is -2.05. The number of rotatable bonds is 0. The molecule has 1 rings (SSSR count). The number of anilines is 3. The van der Waals surface area contributed by atoms with Gasteiger partial charge in [-0.2, -0.15) is 15.0 Å². The molecule has 14 nitrogen and oxygen atoms in total. The Morgan fingerprint density at radius 2 is 0.750 bits per heavy atom. The van der Waals surface area contributed by atoms with E-state index in [0.29, 0.717) is 0 Å². The Bertz CT molecular complexity index is 402. The van der Waals surface area contributed by atoms with Crippen LogP contribution in [0.4, 0.5) is 17.8 Å². The molecule has 0 fully saturated rings. The highest BCUT2D eigenvalue weighted by Gasteiger charge is 2.00. The lowest BCUT2D eigenvalue weighted by Gasteiger charge is -1.93. The van der Waals surface area contributed by atoms with E-state index in [1.165, 1.54) is 0 Å². The van der Waals surface area contributed by atoms with Gasteiger partial charge in [0.05, 0.1) is 0 Å². The Balaban J connectivity index is -0.000000230. The van der Waals surface area contributed by atoms with Gasteiger partial charge in [-0.05, 0) is 0 Å². The van der Waals surface area contributed by atoms with Crippen LogP contribution in [0.2, 0.25) is 0 Å². The Hall–Kier alpha value is -0.604. The molecule has 1 aromatic heterocycles. The van der Waals surface area contributed by atoms with Crippen LogP contribution in [-0.4, -0.2) is 67.4 Å². The molecular formula is C3H14MgN6O8P2. The van der Waals surface area contributed by atoms with E-state index in [4.69, 9.17) is 55.7 Å². The van der Waals surface area contributed by atoms with Crippen molar-refractivity contribution in [2.45, 2.75) is 0 Å². The largest absolute Gasteiger partial charge is 0.466 e. The first kappa shape index (κ1) is 24.4. The second-order valence-electron chi connectivity index (χ2n) is 2.44. The van der Waals surface area contributed by atoms with Gasteiger partial charge in [-0.1, -0.05) is 0 Å². The van der Waals surface area contributed by atoms with Crippen molar-refractivity contribution in [2.24, 2.45) is 0 Å². The van der Waals surface area contributed by atoms with E-state index in [1.54, 1.807) is 0 Å². The van der Waals surface area contributed by atoms with E-state index in [-0.39, 0.29) is 40.9 Å². The van der Waals surface area contributed by atoms with Crippen molar-refractivity contribution < 1.29 is 38.5 Å². The first-order chi connectivity index (χ1) is 8.18. The maximum absolute atomic E-state index is 8.88. The highest BCUT2D eigenvalue weighted by Crippen LogP contribution is 2.26. The van der Waals surface area contributed by atoms with E-state index < -0.39 is 15.6 Å². The summed E-state index contributed by atoms with van der Waals surface area (Å²) in [6.45, 7) is 0. The molecule has 0 aliphatic rings. The fourth-order valence-corrected chi connectivity index (χ4v) is 0.427. The second kappa shape index (κ2) is 10.2. The molecule has 0 saturated carbocycles. The average molecular weight is 348 g/mol. The van der Waals surface area contributed by atoms with Crippen LogP contribution in [0.5, 0.6) is 0 Å². The predicted molar refractivity (Wildman–Crippen MR) is 70.1 cm³/mol. The van der Waals surface area contributed by atoms with Gasteiger partial charge in [0.1, 0.15) is 0 Å². The van der Waals surface area contributed by atoms with E-state index >= 15 is 0 Å². The minimum atomic E-state index is -4.64. The van der Waals surface area contributed by atoms with Gasteiger partial charge in [0, 0.05) is 0 Å². The maximum atomic E-state index is 8.88. The molecule has 1 aromatic rings. The topological polar surface area (TPSA) is 272 Å². The standard InChI is InChI=1S/C3H6N6.Mg.2H3O4P.2H/c4-1-7-2(5)9-3(6)8-1;;2*1-5(2,3)4;;/h(H6,4,5,6,7,8,9);;2*(H3,1,2,3,4);;. The molecule has 0 aliphatic carbocycles. The number of phosphoric acid groups is 2. The quantitative estimate of drug-likeness (QED) is 0.159.